The minimum atomic E-state index is -0.847. The van der Waals surface area contributed by atoms with Crippen LogP contribution in [0.25, 0.3) is 16.7 Å². The van der Waals surface area contributed by atoms with Crippen molar-refractivity contribution >= 4 is 34.0 Å². The predicted octanol–water partition coefficient (Wildman–Crippen LogP) is 5.12. The van der Waals surface area contributed by atoms with Crippen molar-refractivity contribution in [2.24, 2.45) is 0 Å². The smallest absolute Gasteiger partial charge is 0.300 e. The highest BCUT2D eigenvalue weighted by atomic mass is 16.5. The van der Waals surface area contributed by atoms with Crippen LogP contribution in [0.5, 0.6) is 11.5 Å². The van der Waals surface area contributed by atoms with Crippen LogP contribution in [0.3, 0.4) is 0 Å². The Morgan fingerprint density at radius 2 is 1.77 bits per heavy atom. The number of Topliss-reactive ketones (excluding diaryl/α,β-unsaturated/α-hetero) is 1. The molecule has 176 valence electrons. The van der Waals surface area contributed by atoms with E-state index in [1.165, 1.54) is 19.1 Å². The number of ketones is 1. The summed E-state index contributed by atoms with van der Waals surface area (Å²) in [5.74, 6) is -0.932. The van der Waals surface area contributed by atoms with Gasteiger partial charge in [-0.3, -0.25) is 14.5 Å². The topological polar surface area (TPSA) is 91.9 Å². The molecule has 7 nitrogen and oxygen atoms in total. The lowest BCUT2D eigenvalue weighted by molar-refractivity contribution is -0.132. The molecule has 2 heterocycles. The summed E-state index contributed by atoms with van der Waals surface area (Å²) < 4.78 is 10.7. The van der Waals surface area contributed by atoms with E-state index in [2.05, 4.69) is 4.98 Å². The third-order valence-electron chi connectivity index (χ3n) is 6.30. The van der Waals surface area contributed by atoms with Gasteiger partial charge in [-0.1, -0.05) is 30.3 Å². The summed E-state index contributed by atoms with van der Waals surface area (Å²) in [4.78, 5) is 31.6. The molecule has 3 aromatic carbocycles. The fraction of sp³-hybridized carbons (Fsp3) is 0.143. The van der Waals surface area contributed by atoms with E-state index >= 15 is 0 Å². The minimum absolute atomic E-state index is 0.00951. The molecule has 2 N–H and O–H groups in total. The third kappa shape index (κ3) is 3.61. The summed E-state index contributed by atoms with van der Waals surface area (Å²) in [6, 6.07) is 19.1. The van der Waals surface area contributed by atoms with Crippen molar-refractivity contribution in [3.63, 3.8) is 0 Å². The normalized spacial score (nSPS) is 17.2. The van der Waals surface area contributed by atoms with Crippen molar-refractivity contribution in [1.82, 2.24) is 4.98 Å². The van der Waals surface area contributed by atoms with Crippen LogP contribution in [-0.2, 0) is 9.59 Å². The van der Waals surface area contributed by atoms with Gasteiger partial charge >= 0.3 is 0 Å². The number of nitrogens with zero attached hydrogens (tertiary/aromatic N) is 1. The summed E-state index contributed by atoms with van der Waals surface area (Å²) in [7, 11) is 2.99. The predicted molar refractivity (Wildman–Crippen MR) is 134 cm³/mol. The first-order valence-corrected chi connectivity index (χ1v) is 11.1. The molecular formula is C28H24N2O5. The molecule has 1 aliphatic rings. The number of aliphatic hydroxyl groups excluding tert-OH is 1. The summed E-state index contributed by atoms with van der Waals surface area (Å²) in [6.07, 6.45) is 1.78. The number of hydrogen-bond donors (Lipinski definition) is 2. The van der Waals surface area contributed by atoms with Gasteiger partial charge in [0.25, 0.3) is 11.7 Å². The number of carbonyl (C=O) groups is 2. The number of fused-ring (bicyclic) bond motifs is 1. The van der Waals surface area contributed by atoms with E-state index in [0.29, 0.717) is 28.3 Å². The molecule has 0 bridgehead atoms. The van der Waals surface area contributed by atoms with Gasteiger partial charge in [0.05, 0.1) is 31.4 Å². The Morgan fingerprint density at radius 3 is 2.51 bits per heavy atom. The number of anilines is 1. The quantitative estimate of drug-likeness (QED) is 0.241. The molecule has 1 unspecified atom stereocenters. The molecule has 0 radical (unpaired) electrons. The van der Waals surface area contributed by atoms with Gasteiger partial charge in [-0.05, 0) is 42.8 Å². The Balaban J connectivity index is 1.79. The number of methoxy groups -OCH3 is 2. The second-order valence-corrected chi connectivity index (χ2v) is 8.36. The lowest BCUT2D eigenvalue weighted by atomic mass is 9.94. The van der Waals surface area contributed by atoms with Crippen LogP contribution >= 0.6 is 0 Å². The van der Waals surface area contributed by atoms with Crippen molar-refractivity contribution in [1.29, 1.82) is 0 Å². The van der Waals surface area contributed by atoms with E-state index in [-0.39, 0.29) is 11.3 Å². The highest BCUT2D eigenvalue weighted by Gasteiger charge is 2.48. The molecule has 1 aliphatic heterocycles. The van der Waals surface area contributed by atoms with Crippen LogP contribution in [0.15, 0.2) is 78.5 Å². The molecule has 1 aromatic heterocycles. The van der Waals surface area contributed by atoms with Gasteiger partial charge in [0.15, 0.2) is 0 Å². The number of ether oxygens (including phenoxy) is 2. The first-order chi connectivity index (χ1) is 16.9. The fourth-order valence-corrected chi connectivity index (χ4v) is 4.63. The molecule has 0 saturated carbocycles. The largest absolute Gasteiger partial charge is 0.507 e. The Bertz CT molecular complexity index is 1500. The molecule has 7 heteroatoms. The highest BCUT2D eigenvalue weighted by molar-refractivity contribution is 6.52. The Hall–Kier alpha value is -4.52. The Labute approximate surface area is 202 Å². The first kappa shape index (κ1) is 22.3. The standard InChI is InChI=1S/C28H24N2O5/c1-16-7-6-8-17(13-16)30-25(21-15-29-22-10-5-4-9-19(21)22)24(27(32)28(30)33)26(31)20-12-11-18(34-2)14-23(20)35-3/h4-15,25,29,31H,1-3H3/b26-24+. The number of aryl methyl sites for hydroxylation is 1. The second-order valence-electron chi connectivity index (χ2n) is 8.36. The number of aromatic nitrogens is 1. The molecule has 5 rings (SSSR count). The summed E-state index contributed by atoms with van der Waals surface area (Å²) in [5.41, 5.74) is 3.36. The van der Waals surface area contributed by atoms with Crippen molar-refractivity contribution in [2.75, 3.05) is 19.1 Å². The SMILES string of the molecule is COc1ccc(/C(O)=C2\C(=O)C(=O)N(c3cccc(C)c3)C2c2c[nH]c3ccccc23)c(OC)c1. The third-order valence-corrected chi connectivity index (χ3v) is 6.30. The number of para-hydroxylation sites is 1. The Kier molecular flexibility index (Phi) is 5.53. The zero-order valence-electron chi connectivity index (χ0n) is 19.5. The van der Waals surface area contributed by atoms with Crippen LogP contribution in [0, 0.1) is 6.92 Å². The molecule has 1 atom stereocenters. The van der Waals surface area contributed by atoms with Gasteiger partial charge in [-0.2, -0.15) is 0 Å². The van der Waals surface area contributed by atoms with Crippen LogP contribution < -0.4 is 14.4 Å². The van der Waals surface area contributed by atoms with E-state index in [9.17, 15) is 14.7 Å². The number of nitrogens with one attached hydrogen (secondary N) is 1. The number of amides is 1. The molecule has 35 heavy (non-hydrogen) atoms. The zero-order chi connectivity index (χ0) is 24.7. The number of aliphatic hydroxyl groups is 1. The maximum absolute atomic E-state index is 13.5. The number of hydrogen-bond acceptors (Lipinski definition) is 5. The molecule has 4 aromatic rings. The van der Waals surface area contributed by atoms with E-state index in [1.807, 2.05) is 49.4 Å². The number of carbonyl (C=O) groups excluding carboxylic acids is 2. The molecule has 1 saturated heterocycles. The Morgan fingerprint density at radius 1 is 0.971 bits per heavy atom. The number of aromatic amines is 1. The zero-order valence-corrected chi connectivity index (χ0v) is 19.5. The van der Waals surface area contributed by atoms with Gasteiger partial charge < -0.3 is 19.6 Å². The summed E-state index contributed by atoms with van der Waals surface area (Å²) >= 11 is 0. The van der Waals surface area contributed by atoms with E-state index in [4.69, 9.17) is 9.47 Å². The van der Waals surface area contributed by atoms with E-state index in [0.717, 1.165) is 16.5 Å². The van der Waals surface area contributed by atoms with Gasteiger partial charge in [-0.15, -0.1) is 0 Å². The summed E-state index contributed by atoms with van der Waals surface area (Å²) in [6.45, 7) is 1.92. The van der Waals surface area contributed by atoms with Crippen molar-refractivity contribution in [2.45, 2.75) is 13.0 Å². The molecule has 1 amide bonds. The number of rotatable bonds is 5. The van der Waals surface area contributed by atoms with E-state index in [1.54, 1.807) is 30.5 Å². The van der Waals surface area contributed by atoms with Crippen molar-refractivity contribution < 1.29 is 24.2 Å². The van der Waals surface area contributed by atoms with Crippen LogP contribution in [0.1, 0.15) is 22.7 Å². The lowest BCUT2D eigenvalue weighted by Gasteiger charge is -2.25. The molecule has 0 aliphatic carbocycles. The van der Waals surface area contributed by atoms with Crippen LogP contribution in [-0.4, -0.2) is 36.0 Å². The first-order valence-electron chi connectivity index (χ1n) is 11.1. The van der Waals surface area contributed by atoms with Crippen LogP contribution in [0.4, 0.5) is 5.69 Å². The van der Waals surface area contributed by atoms with Crippen molar-refractivity contribution in [3.05, 3.63) is 95.2 Å². The molecular weight excluding hydrogens is 444 g/mol. The average Bonchev–Trinajstić information content (AvgIpc) is 3.41. The van der Waals surface area contributed by atoms with Gasteiger partial charge in [-0.25, -0.2) is 0 Å². The van der Waals surface area contributed by atoms with Gasteiger partial charge in [0.1, 0.15) is 17.3 Å². The number of H-pyrrole nitrogens is 1. The van der Waals surface area contributed by atoms with E-state index < -0.39 is 17.7 Å². The lowest BCUT2D eigenvalue weighted by Crippen LogP contribution is -2.29. The average molecular weight is 469 g/mol. The van der Waals surface area contributed by atoms with Crippen LogP contribution in [0.2, 0.25) is 0 Å². The minimum Gasteiger partial charge on any atom is -0.507 e. The maximum atomic E-state index is 13.5. The van der Waals surface area contributed by atoms with Gasteiger partial charge in [0.2, 0.25) is 0 Å². The maximum Gasteiger partial charge on any atom is 0.300 e. The summed E-state index contributed by atoms with van der Waals surface area (Å²) in [5, 5.41) is 12.3. The highest BCUT2D eigenvalue weighted by Crippen LogP contribution is 2.45. The molecule has 0 spiro atoms. The molecule has 1 fully saturated rings. The van der Waals surface area contributed by atoms with Gasteiger partial charge in [0, 0.05) is 34.4 Å². The monoisotopic (exact) mass is 468 g/mol. The van der Waals surface area contributed by atoms with Crippen molar-refractivity contribution in [3.8, 4) is 11.5 Å². The number of benzene rings is 3. The fourth-order valence-electron chi connectivity index (χ4n) is 4.63. The second kappa shape index (κ2) is 8.68.